The van der Waals surface area contributed by atoms with Gasteiger partial charge < -0.3 is 5.32 Å². The van der Waals surface area contributed by atoms with Gasteiger partial charge in [0, 0.05) is 19.0 Å². The molecule has 6 heteroatoms. The lowest BCUT2D eigenvalue weighted by Gasteiger charge is -2.22. The highest BCUT2D eigenvalue weighted by atomic mass is 32.2. The molecule has 21 heavy (non-hydrogen) atoms. The Kier molecular flexibility index (Phi) is 5.22. The maximum atomic E-state index is 11.9. The van der Waals surface area contributed by atoms with Crippen molar-refractivity contribution in [1.29, 1.82) is 0 Å². The van der Waals surface area contributed by atoms with E-state index in [4.69, 9.17) is 0 Å². The highest BCUT2D eigenvalue weighted by molar-refractivity contribution is 7.92. The SMILES string of the molecule is CS(=O)(=O)N(CCC(=O)NC1CCCC1)c1ccccc1. The van der Waals surface area contributed by atoms with Gasteiger partial charge in [-0.3, -0.25) is 9.10 Å². The molecule has 5 nitrogen and oxygen atoms in total. The van der Waals surface area contributed by atoms with Crippen LogP contribution in [-0.2, 0) is 14.8 Å². The summed E-state index contributed by atoms with van der Waals surface area (Å²) in [5, 5.41) is 2.98. The molecule has 1 saturated carbocycles. The second-order valence-electron chi connectivity index (χ2n) is 5.47. The van der Waals surface area contributed by atoms with Gasteiger partial charge in [-0.05, 0) is 25.0 Å². The zero-order valence-electron chi connectivity index (χ0n) is 12.3. The van der Waals surface area contributed by atoms with Crippen LogP contribution in [0.1, 0.15) is 32.1 Å². The molecule has 0 heterocycles. The third-order valence-electron chi connectivity index (χ3n) is 3.71. The van der Waals surface area contributed by atoms with Gasteiger partial charge in [-0.15, -0.1) is 0 Å². The number of anilines is 1. The number of nitrogens with one attached hydrogen (secondary N) is 1. The Morgan fingerprint density at radius 2 is 1.86 bits per heavy atom. The van der Waals surface area contributed by atoms with Crippen LogP contribution in [-0.4, -0.2) is 33.2 Å². The van der Waals surface area contributed by atoms with Crippen LogP contribution in [0.4, 0.5) is 5.69 Å². The quantitative estimate of drug-likeness (QED) is 0.872. The Morgan fingerprint density at radius 1 is 1.24 bits per heavy atom. The number of nitrogens with zero attached hydrogens (tertiary/aromatic N) is 1. The summed E-state index contributed by atoms with van der Waals surface area (Å²) in [5.41, 5.74) is 0.591. The van der Waals surface area contributed by atoms with Gasteiger partial charge >= 0.3 is 0 Å². The minimum absolute atomic E-state index is 0.0773. The van der Waals surface area contributed by atoms with Crippen molar-refractivity contribution in [3.63, 3.8) is 0 Å². The topological polar surface area (TPSA) is 66.5 Å². The molecule has 0 radical (unpaired) electrons. The number of rotatable bonds is 6. The Balaban J connectivity index is 1.95. The normalized spacial score (nSPS) is 15.9. The van der Waals surface area contributed by atoms with Gasteiger partial charge in [0.25, 0.3) is 0 Å². The molecule has 0 aromatic heterocycles. The molecule has 0 saturated heterocycles. The lowest BCUT2D eigenvalue weighted by atomic mass is 10.2. The van der Waals surface area contributed by atoms with Gasteiger partial charge in [-0.25, -0.2) is 8.42 Å². The molecule has 0 bridgehead atoms. The van der Waals surface area contributed by atoms with E-state index in [-0.39, 0.29) is 24.9 Å². The van der Waals surface area contributed by atoms with Crippen LogP contribution in [0.15, 0.2) is 30.3 Å². The van der Waals surface area contributed by atoms with Crippen LogP contribution >= 0.6 is 0 Å². The van der Waals surface area contributed by atoms with E-state index in [1.807, 2.05) is 6.07 Å². The summed E-state index contributed by atoms with van der Waals surface area (Å²) in [4.78, 5) is 11.9. The largest absolute Gasteiger partial charge is 0.353 e. The van der Waals surface area contributed by atoms with Crippen molar-refractivity contribution >= 4 is 21.6 Å². The number of sulfonamides is 1. The molecule has 1 aromatic rings. The highest BCUT2D eigenvalue weighted by Gasteiger charge is 2.20. The molecule has 1 amide bonds. The summed E-state index contributed by atoms with van der Waals surface area (Å²) in [6, 6.07) is 9.13. The third kappa shape index (κ3) is 4.74. The lowest BCUT2D eigenvalue weighted by Crippen LogP contribution is -2.37. The Hall–Kier alpha value is -1.56. The van der Waals surface area contributed by atoms with Gasteiger partial charge in [-0.2, -0.15) is 0 Å². The van der Waals surface area contributed by atoms with E-state index in [9.17, 15) is 13.2 Å². The fourth-order valence-corrected chi connectivity index (χ4v) is 3.58. The zero-order chi connectivity index (χ0) is 15.3. The molecule has 0 unspecified atom stereocenters. The Labute approximate surface area is 126 Å². The molecule has 1 aliphatic carbocycles. The van der Waals surface area contributed by atoms with Crippen molar-refractivity contribution in [2.45, 2.75) is 38.1 Å². The molecule has 0 aliphatic heterocycles. The molecule has 1 aliphatic rings. The molecule has 2 rings (SSSR count). The highest BCUT2D eigenvalue weighted by Crippen LogP contribution is 2.19. The van der Waals surface area contributed by atoms with Crippen molar-refractivity contribution < 1.29 is 13.2 Å². The van der Waals surface area contributed by atoms with Gasteiger partial charge in [-0.1, -0.05) is 31.0 Å². The minimum atomic E-state index is -3.39. The standard InChI is InChI=1S/C15H22N2O3S/c1-21(19,20)17(14-9-3-2-4-10-14)12-11-15(18)16-13-7-5-6-8-13/h2-4,9-10,13H,5-8,11-12H2,1H3,(H,16,18). The molecular weight excluding hydrogens is 288 g/mol. The van der Waals surface area contributed by atoms with Gasteiger partial charge in [0.05, 0.1) is 11.9 Å². The molecule has 1 aromatic carbocycles. The van der Waals surface area contributed by atoms with E-state index < -0.39 is 10.0 Å². The van der Waals surface area contributed by atoms with E-state index in [0.717, 1.165) is 31.9 Å². The first kappa shape index (κ1) is 15.8. The summed E-state index contributed by atoms with van der Waals surface area (Å²) in [6.45, 7) is 0.168. The smallest absolute Gasteiger partial charge is 0.232 e. The van der Waals surface area contributed by atoms with E-state index >= 15 is 0 Å². The lowest BCUT2D eigenvalue weighted by molar-refractivity contribution is -0.121. The van der Waals surface area contributed by atoms with Crippen molar-refractivity contribution in [2.24, 2.45) is 0 Å². The number of carbonyl (C=O) groups excluding carboxylic acids is 1. The van der Waals surface area contributed by atoms with Crippen molar-refractivity contribution in [2.75, 3.05) is 17.1 Å². The van der Waals surface area contributed by atoms with Crippen LogP contribution in [0.2, 0.25) is 0 Å². The van der Waals surface area contributed by atoms with Gasteiger partial charge in [0.1, 0.15) is 0 Å². The van der Waals surface area contributed by atoms with Gasteiger partial charge in [0.15, 0.2) is 0 Å². The number of hydrogen-bond acceptors (Lipinski definition) is 3. The first-order chi connectivity index (χ1) is 9.97. The maximum absolute atomic E-state index is 11.9. The van der Waals surface area contributed by atoms with E-state index in [2.05, 4.69) is 5.32 Å². The molecule has 1 N–H and O–H groups in total. The summed E-state index contributed by atoms with van der Waals surface area (Å²) >= 11 is 0. The number of para-hydroxylation sites is 1. The second-order valence-corrected chi connectivity index (χ2v) is 7.38. The second kappa shape index (κ2) is 6.93. The van der Waals surface area contributed by atoms with E-state index in [0.29, 0.717) is 5.69 Å². The van der Waals surface area contributed by atoms with Crippen LogP contribution in [0, 0.1) is 0 Å². The predicted molar refractivity (Wildman–Crippen MR) is 83.6 cm³/mol. The minimum Gasteiger partial charge on any atom is -0.353 e. The van der Waals surface area contributed by atoms with Crippen molar-refractivity contribution in [3.8, 4) is 0 Å². The van der Waals surface area contributed by atoms with Crippen LogP contribution in [0.5, 0.6) is 0 Å². The van der Waals surface area contributed by atoms with Crippen LogP contribution < -0.4 is 9.62 Å². The first-order valence-electron chi connectivity index (χ1n) is 7.29. The molecule has 116 valence electrons. The third-order valence-corrected chi connectivity index (χ3v) is 4.90. The summed E-state index contributed by atoms with van der Waals surface area (Å²) < 4.78 is 25.0. The Morgan fingerprint density at radius 3 is 2.43 bits per heavy atom. The van der Waals surface area contributed by atoms with Gasteiger partial charge in [0.2, 0.25) is 15.9 Å². The first-order valence-corrected chi connectivity index (χ1v) is 9.14. The number of carbonyl (C=O) groups is 1. The summed E-state index contributed by atoms with van der Waals surface area (Å²) in [6.07, 6.45) is 5.71. The number of hydrogen-bond donors (Lipinski definition) is 1. The predicted octanol–water partition coefficient (Wildman–Crippen LogP) is 1.90. The average Bonchev–Trinajstić information content (AvgIpc) is 2.91. The molecule has 0 spiro atoms. The Bertz CT molecular complexity index is 566. The molecule has 0 atom stereocenters. The van der Waals surface area contributed by atoms with Crippen LogP contribution in [0.3, 0.4) is 0 Å². The number of amides is 1. The fraction of sp³-hybridized carbons (Fsp3) is 0.533. The maximum Gasteiger partial charge on any atom is 0.232 e. The summed E-state index contributed by atoms with van der Waals surface area (Å²) in [7, 11) is -3.39. The van der Waals surface area contributed by atoms with Crippen molar-refractivity contribution in [1.82, 2.24) is 5.32 Å². The summed E-state index contributed by atoms with van der Waals surface area (Å²) in [5.74, 6) is -0.0773. The van der Waals surface area contributed by atoms with Crippen molar-refractivity contribution in [3.05, 3.63) is 30.3 Å². The van der Waals surface area contributed by atoms with Crippen LogP contribution in [0.25, 0.3) is 0 Å². The average molecular weight is 310 g/mol. The molecular formula is C15H22N2O3S. The monoisotopic (exact) mass is 310 g/mol. The zero-order valence-corrected chi connectivity index (χ0v) is 13.1. The molecule has 1 fully saturated rings. The number of benzene rings is 1. The fourth-order valence-electron chi connectivity index (χ4n) is 2.65. The van der Waals surface area contributed by atoms with E-state index in [1.54, 1.807) is 24.3 Å². The van der Waals surface area contributed by atoms with E-state index in [1.165, 1.54) is 4.31 Å².